The Kier molecular flexibility index (Phi) is 4.84. The van der Waals surface area contributed by atoms with Crippen molar-refractivity contribution in [2.75, 3.05) is 0 Å². The van der Waals surface area contributed by atoms with Crippen molar-refractivity contribution >= 4 is 40.2 Å². The number of halogens is 2. The van der Waals surface area contributed by atoms with E-state index in [1.807, 2.05) is 30.3 Å². The molecular formula is C21H14Cl2N2O2. The van der Waals surface area contributed by atoms with Crippen LogP contribution in [0.1, 0.15) is 15.9 Å². The molecule has 0 atom stereocenters. The zero-order valence-electron chi connectivity index (χ0n) is 14.1. The number of hydrogen-bond donors (Lipinski definition) is 1. The molecule has 1 heterocycles. The first-order valence-electron chi connectivity index (χ1n) is 8.29. The van der Waals surface area contributed by atoms with Crippen LogP contribution in [-0.2, 0) is 6.54 Å². The normalized spacial score (nSPS) is 10.9. The number of oxazole rings is 1. The van der Waals surface area contributed by atoms with E-state index in [2.05, 4.69) is 10.3 Å². The molecule has 1 amide bonds. The lowest BCUT2D eigenvalue weighted by Gasteiger charge is -2.05. The lowest BCUT2D eigenvalue weighted by atomic mass is 10.2. The monoisotopic (exact) mass is 396 g/mol. The summed E-state index contributed by atoms with van der Waals surface area (Å²) < 4.78 is 5.81. The van der Waals surface area contributed by atoms with Crippen molar-refractivity contribution in [1.82, 2.24) is 10.3 Å². The summed E-state index contributed by atoms with van der Waals surface area (Å²) in [4.78, 5) is 16.9. The van der Waals surface area contributed by atoms with Gasteiger partial charge in [0.25, 0.3) is 5.91 Å². The first-order valence-corrected chi connectivity index (χ1v) is 9.04. The molecule has 1 N–H and O–H groups in total. The summed E-state index contributed by atoms with van der Waals surface area (Å²) in [6.45, 7) is 0.453. The van der Waals surface area contributed by atoms with Crippen LogP contribution in [0.15, 0.2) is 71.1 Å². The van der Waals surface area contributed by atoms with Gasteiger partial charge in [-0.05, 0) is 35.9 Å². The Labute approximate surface area is 165 Å². The predicted molar refractivity (Wildman–Crippen MR) is 107 cm³/mol. The number of carbonyl (C=O) groups is 1. The minimum absolute atomic E-state index is 0.186. The standard InChI is InChI=1S/C21H14Cl2N2O2/c22-15-7-4-8-16(23)19(15)21-25-17-10-9-14(11-18(17)27-21)20(26)24-12-13-5-2-1-3-6-13/h1-11H,12H2,(H,24,26). The van der Waals surface area contributed by atoms with Gasteiger partial charge in [0.1, 0.15) is 5.52 Å². The van der Waals surface area contributed by atoms with Gasteiger partial charge in [-0.25, -0.2) is 4.98 Å². The van der Waals surface area contributed by atoms with Gasteiger partial charge >= 0.3 is 0 Å². The number of hydrogen-bond acceptors (Lipinski definition) is 3. The molecule has 4 aromatic rings. The molecule has 0 radical (unpaired) electrons. The van der Waals surface area contributed by atoms with Crippen LogP contribution < -0.4 is 5.32 Å². The van der Waals surface area contributed by atoms with Gasteiger partial charge < -0.3 is 9.73 Å². The summed E-state index contributed by atoms with van der Waals surface area (Å²) in [6, 6.07) is 20.0. The van der Waals surface area contributed by atoms with E-state index >= 15 is 0 Å². The van der Waals surface area contributed by atoms with Gasteiger partial charge in [-0.1, -0.05) is 59.6 Å². The second kappa shape index (κ2) is 7.43. The maximum absolute atomic E-state index is 12.4. The maximum atomic E-state index is 12.4. The minimum atomic E-state index is -0.186. The Morgan fingerprint density at radius 1 is 0.963 bits per heavy atom. The van der Waals surface area contributed by atoms with Gasteiger partial charge in [0.2, 0.25) is 5.89 Å². The SMILES string of the molecule is O=C(NCc1ccccc1)c1ccc2nc(-c3c(Cl)cccc3Cl)oc2c1. The molecule has 0 unspecified atom stereocenters. The summed E-state index contributed by atoms with van der Waals surface area (Å²) in [7, 11) is 0. The molecule has 27 heavy (non-hydrogen) atoms. The lowest BCUT2D eigenvalue weighted by molar-refractivity contribution is 0.0951. The van der Waals surface area contributed by atoms with E-state index in [4.69, 9.17) is 27.6 Å². The van der Waals surface area contributed by atoms with Crippen LogP contribution in [-0.4, -0.2) is 10.9 Å². The van der Waals surface area contributed by atoms with E-state index in [0.717, 1.165) is 5.56 Å². The fourth-order valence-corrected chi connectivity index (χ4v) is 3.31. The summed E-state index contributed by atoms with van der Waals surface area (Å²) in [5.41, 5.74) is 3.18. The largest absolute Gasteiger partial charge is 0.436 e. The van der Waals surface area contributed by atoms with Gasteiger partial charge in [-0.3, -0.25) is 4.79 Å². The molecule has 1 aromatic heterocycles. The fourth-order valence-electron chi connectivity index (χ4n) is 2.76. The number of aromatic nitrogens is 1. The van der Waals surface area contributed by atoms with E-state index < -0.39 is 0 Å². The highest BCUT2D eigenvalue weighted by Crippen LogP contribution is 2.35. The van der Waals surface area contributed by atoms with Gasteiger partial charge in [-0.2, -0.15) is 0 Å². The summed E-state index contributed by atoms with van der Waals surface area (Å²) in [5.74, 6) is 0.136. The third-order valence-electron chi connectivity index (χ3n) is 4.12. The number of carbonyl (C=O) groups excluding carboxylic acids is 1. The van der Waals surface area contributed by atoms with Crippen LogP contribution >= 0.6 is 23.2 Å². The smallest absolute Gasteiger partial charge is 0.251 e. The number of benzene rings is 3. The molecule has 134 valence electrons. The first kappa shape index (κ1) is 17.6. The molecule has 0 saturated heterocycles. The van der Waals surface area contributed by atoms with Crippen molar-refractivity contribution in [2.24, 2.45) is 0 Å². The fraction of sp³-hybridized carbons (Fsp3) is 0.0476. The van der Waals surface area contributed by atoms with Crippen LogP contribution in [0.2, 0.25) is 10.0 Å². The average Bonchev–Trinajstić information content (AvgIpc) is 3.09. The van der Waals surface area contributed by atoms with Gasteiger partial charge in [-0.15, -0.1) is 0 Å². The third kappa shape index (κ3) is 3.68. The van der Waals surface area contributed by atoms with E-state index in [9.17, 15) is 4.79 Å². The number of rotatable bonds is 4. The van der Waals surface area contributed by atoms with Gasteiger partial charge in [0, 0.05) is 12.1 Å². The van der Waals surface area contributed by atoms with E-state index in [1.165, 1.54) is 0 Å². The predicted octanol–water partition coefficient (Wildman–Crippen LogP) is 5.73. The second-order valence-corrected chi connectivity index (χ2v) is 6.78. The maximum Gasteiger partial charge on any atom is 0.251 e. The highest BCUT2D eigenvalue weighted by molar-refractivity contribution is 6.38. The molecule has 4 nitrogen and oxygen atoms in total. The number of nitrogens with one attached hydrogen (secondary N) is 1. The van der Waals surface area contributed by atoms with Crippen LogP contribution in [0.5, 0.6) is 0 Å². The van der Waals surface area contributed by atoms with Crippen molar-refractivity contribution in [3.63, 3.8) is 0 Å². The summed E-state index contributed by atoms with van der Waals surface area (Å²) >= 11 is 12.4. The number of amides is 1. The zero-order valence-corrected chi connectivity index (χ0v) is 15.6. The summed E-state index contributed by atoms with van der Waals surface area (Å²) in [6.07, 6.45) is 0. The Balaban J connectivity index is 1.60. The van der Waals surface area contributed by atoms with Crippen molar-refractivity contribution in [3.8, 4) is 11.5 Å². The molecular weight excluding hydrogens is 383 g/mol. The van der Waals surface area contributed by atoms with E-state index in [0.29, 0.717) is 44.7 Å². The molecule has 0 aliphatic rings. The van der Waals surface area contributed by atoms with Crippen LogP contribution in [0.3, 0.4) is 0 Å². The highest BCUT2D eigenvalue weighted by Gasteiger charge is 2.16. The molecule has 0 aliphatic heterocycles. The van der Waals surface area contributed by atoms with E-state index in [1.54, 1.807) is 36.4 Å². The highest BCUT2D eigenvalue weighted by atomic mass is 35.5. The van der Waals surface area contributed by atoms with Crippen LogP contribution in [0.4, 0.5) is 0 Å². The quantitative estimate of drug-likeness (QED) is 0.478. The second-order valence-electron chi connectivity index (χ2n) is 5.97. The van der Waals surface area contributed by atoms with Crippen molar-refractivity contribution in [1.29, 1.82) is 0 Å². The average molecular weight is 397 g/mol. The van der Waals surface area contributed by atoms with Crippen molar-refractivity contribution in [2.45, 2.75) is 6.54 Å². The molecule has 4 rings (SSSR count). The Morgan fingerprint density at radius 3 is 2.44 bits per heavy atom. The number of nitrogens with zero attached hydrogens (tertiary/aromatic N) is 1. The Bertz CT molecular complexity index is 1100. The third-order valence-corrected chi connectivity index (χ3v) is 4.75. The molecule has 3 aromatic carbocycles. The Hall–Kier alpha value is -2.82. The molecule has 0 aliphatic carbocycles. The van der Waals surface area contributed by atoms with Crippen LogP contribution in [0, 0.1) is 0 Å². The van der Waals surface area contributed by atoms with Crippen molar-refractivity contribution in [3.05, 3.63) is 87.9 Å². The van der Waals surface area contributed by atoms with E-state index in [-0.39, 0.29) is 5.91 Å². The molecule has 6 heteroatoms. The van der Waals surface area contributed by atoms with Crippen LogP contribution in [0.25, 0.3) is 22.6 Å². The minimum Gasteiger partial charge on any atom is -0.436 e. The molecule has 0 bridgehead atoms. The summed E-state index contributed by atoms with van der Waals surface area (Å²) in [5, 5.41) is 3.80. The van der Waals surface area contributed by atoms with Gasteiger partial charge in [0.05, 0.1) is 15.6 Å². The topological polar surface area (TPSA) is 55.1 Å². The van der Waals surface area contributed by atoms with Crippen molar-refractivity contribution < 1.29 is 9.21 Å². The first-order chi connectivity index (χ1) is 13.1. The lowest BCUT2D eigenvalue weighted by Crippen LogP contribution is -2.22. The molecule has 0 saturated carbocycles. The molecule has 0 spiro atoms. The number of fused-ring (bicyclic) bond motifs is 1. The Morgan fingerprint density at radius 2 is 1.70 bits per heavy atom. The zero-order chi connectivity index (χ0) is 18.8. The van der Waals surface area contributed by atoms with Gasteiger partial charge in [0.15, 0.2) is 5.58 Å². The molecule has 0 fully saturated rings.